The van der Waals surface area contributed by atoms with Crippen molar-refractivity contribution in [1.29, 1.82) is 0 Å². The maximum atomic E-state index is 9.94. The minimum atomic E-state index is -0.947. The minimum Gasteiger partial charge on any atom is -0.489 e. The molecule has 0 heterocycles. The minimum absolute atomic E-state index is 0.0221. The van der Waals surface area contributed by atoms with Gasteiger partial charge in [0.25, 0.3) is 0 Å². The van der Waals surface area contributed by atoms with Crippen LogP contribution < -0.4 is 4.74 Å². The zero-order valence-electron chi connectivity index (χ0n) is 27.8. The van der Waals surface area contributed by atoms with E-state index in [1.165, 1.54) is 11.1 Å². The van der Waals surface area contributed by atoms with Crippen molar-refractivity contribution in [2.24, 2.45) is 10.8 Å². The lowest BCUT2D eigenvalue weighted by atomic mass is 9.77. The zero-order chi connectivity index (χ0) is 31.2. The molecule has 0 aliphatic heterocycles. The molecule has 0 aliphatic carbocycles. The number of allylic oxidation sites excluding steroid dienone is 3. The van der Waals surface area contributed by atoms with E-state index in [4.69, 9.17) is 13.6 Å². The first-order chi connectivity index (χ1) is 18.8. The molecule has 0 fully saturated rings. The summed E-state index contributed by atoms with van der Waals surface area (Å²) in [5.41, 5.74) is 4.75. The summed E-state index contributed by atoms with van der Waals surface area (Å²) in [6.07, 6.45) is 5.62. The first-order valence-electron chi connectivity index (χ1n) is 14.7. The van der Waals surface area contributed by atoms with Gasteiger partial charge in [-0.25, -0.2) is 0 Å². The Morgan fingerprint density at radius 1 is 0.805 bits per heavy atom. The normalized spacial score (nSPS) is 15.2. The summed E-state index contributed by atoms with van der Waals surface area (Å²) in [5, 5.41) is 9.94. The van der Waals surface area contributed by atoms with Crippen LogP contribution in [-0.2, 0) is 15.5 Å². The van der Waals surface area contributed by atoms with Crippen molar-refractivity contribution in [2.45, 2.75) is 113 Å². The van der Waals surface area contributed by atoms with E-state index in [-0.39, 0.29) is 23.0 Å². The third-order valence-corrected chi connectivity index (χ3v) is 7.96. The molecule has 6 heteroatoms. The Morgan fingerprint density at radius 3 is 1.88 bits per heavy atom. The van der Waals surface area contributed by atoms with Crippen molar-refractivity contribution >= 4 is 23.7 Å². The van der Waals surface area contributed by atoms with Crippen molar-refractivity contribution in [3.05, 3.63) is 82.9 Å². The van der Waals surface area contributed by atoms with Crippen molar-refractivity contribution in [2.75, 3.05) is 0 Å². The van der Waals surface area contributed by atoms with E-state index in [2.05, 4.69) is 105 Å². The average Bonchev–Trinajstić information content (AvgIpc) is 2.82. The standard InChI is InChI=1S/C35H54O4Si2/c1-25(16-15-21-35(8,9)36)27-17-14-18-28(23-27)37-24-26-19-20-29(31(33(2,3)4)38-40(10)11)30(22-26)32(34(5,6)7)39-41(12)13/h14-23,31-32,36H,24H2,1-13H3. The molecule has 2 aromatic rings. The smallest absolute Gasteiger partial charge is 0.205 e. The molecular weight excluding hydrogens is 541 g/mol. The number of benzene rings is 2. The number of aliphatic hydroxyl groups is 1. The van der Waals surface area contributed by atoms with Gasteiger partial charge in [-0.1, -0.05) is 84.0 Å². The number of hydrogen-bond donors (Lipinski definition) is 1. The van der Waals surface area contributed by atoms with Gasteiger partial charge in [-0.05, 0) is 104 Å². The topological polar surface area (TPSA) is 47.9 Å². The highest BCUT2D eigenvalue weighted by molar-refractivity contribution is 6.48. The van der Waals surface area contributed by atoms with Gasteiger partial charge in [0.15, 0.2) is 0 Å². The summed E-state index contributed by atoms with van der Waals surface area (Å²) >= 11 is 0. The quantitative estimate of drug-likeness (QED) is 0.196. The Hall–Kier alpha value is -1.97. The van der Waals surface area contributed by atoms with Gasteiger partial charge in [-0.15, -0.1) is 0 Å². The summed E-state index contributed by atoms with van der Waals surface area (Å²) in [6, 6.07) is 14.9. The van der Waals surface area contributed by atoms with Crippen LogP contribution in [0.1, 0.15) is 96.8 Å². The fourth-order valence-corrected chi connectivity index (χ4v) is 6.49. The molecule has 4 nitrogen and oxygen atoms in total. The highest BCUT2D eigenvalue weighted by Crippen LogP contribution is 2.45. The molecule has 0 aliphatic rings. The zero-order valence-corrected chi connectivity index (χ0v) is 29.8. The van der Waals surface area contributed by atoms with Gasteiger partial charge in [-0.3, -0.25) is 0 Å². The second-order valence-corrected chi connectivity index (χ2v) is 18.3. The molecule has 2 atom stereocenters. The Balaban J connectivity index is 2.47. The van der Waals surface area contributed by atoms with Crippen LogP contribution in [0, 0.1) is 10.8 Å². The van der Waals surface area contributed by atoms with Crippen LogP contribution in [0.25, 0.3) is 5.57 Å². The van der Waals surface area contributed by atoms with E-state index in [1.54, 1.807) is 19.9 Å². The van der Waals surface area contributed by atoms with Gasteiger partial charge >= 0.3 is 0 Å². The van der Waals surface area contributed by atoms with Crippen LogP contribution in [0.5, 0.6) is 5.75 Å². The lowest BCUT2D eigenvalue weighted by Crippen LogP contribution is -2.31. The maximum Gasteiger partial charge on any atom is 0.205 e. The van der Waals surface area contributed by atoms with Crippen LogP contribution in [0.3, 0.4) is 0 Å². The van der Waals surface area contributed by atoms with E-state index in [0.717, 1.165) is 22.4 Å². The Morgan fingerprint density at radius 2 is 1.37 bits per heavy atom. The van der Waals surface area contributed by atoms with Gasteiger partial charge in [0.05, 0.1) is 17.8 Å². The highest BCUT2D eigenvalue weighted by atomic mass is 28.3. The van der Waals surface area contributed by atoms with Crippen LogP contribution in [0.2, 0.25) is 26.2 Å². The lowest BCUT2D eigenvalue weighted by molar-refractivity contribution is 0.0655. The van der Waals surface area contributed by atoms with E-state index in [9.17, 15) is 5.11 Å². The number of hydrogen-bond acceptors (Lipinski definition) is 4. The number of ether oxygens (including phenoxy) is 1. The SMILES string of the molecule is CC(=CC=CC(C)(C)O)c1cccc(OCc2ccc(C(O[Si](C)C)C(C)(C)C)c(C(O[Si](C)C)C(C)(C)C)c2)c1. The third-order valence-electron chi connectivity index (χ3n) is 6.54. The van der Waals surface area contributed by atoms with Crippen molar-refractivity contribution in [1.82, 2.24) is 0 Å². The molecule has 0 saturated carbocycles. The highest BCUT2D eigenvalue weighted by Gasteiger charge is 2.36. The lowest BCUT2D eigenvalue weighted by Gasteiger charge is -2.39. The molecule has 2 unspecified atom stereocenters. The van der Waals surface area contributed by atoms with Crippen molar-refractivity contribution in [3.8, 4) is 5.75 Å². The molecular formula is C35H54O4Si2. The molecule has 226 valence electrons. The van der Waals surface area contributed by atoms with E-state index < -0.39 is 23.7 Å². The molecule has 0 bridgehead atoms. The first kappa shape index (κ1) is 35.2. The van der Waals surface area contributed by atoms with Gasteiger partial charge in [-0.2, -0.15) is 0 Å². The van der Waals surface area contributed by atoms with Crippen LogP contribution >= 0.6 is 0 Å². The van der Waals surface area contributed by atoms with Gasteiger partial charge < -0.3 is 18.7 Å². The van der Waals surface area contributed by atoms with Gasteiger partial charge in [0, 0.05) is 0 Å². The predicted octanol–water partition coefficient (Wildman–Crippen LogP) is 9.71. The van der Waals surface area contributed by atoms with Crippen LogP contribution in [0.15, 0.2) is 60.7 Å². The monoisotopic (exact) mass is 594 g/mol. The molecule has 41 heavy (non-hydrogen) atoms. The van der Waals surface area contributed by atoms with Gasteiger partial charge in [0.1, 0.15) is 12.4 Å². The molecule has 0 spiro atoms. The number of rotatable bonds is 12. The Kier molecular flexibility index (Phi) is 12.4. The van der Waals surface area contributed by atoms with Gasteiger partial charge in [0.2, 0.25) is 18.1 Å². The average molecular weight is 595 g/mol. The van der Waals surface area contributed by atoms with Crippen molar-refractivity contribution in [3.63, 3.8) is 0 Å². The predicted molar refractivity (Wildman–Crippen MR) is 178 cm³/mol. The van der Waals surface area contributed by atoms with E-state index in [0.29, 0.717) is 6.61 Å². The summed E-state index contributed by atoms with van der Waals surface area (Å²) < 4.78 is 19.7. The third kappa shape index (κ3) is 11.7. The fraction of sp³-hybridized carbons (Fsp3) is 0.543. The Labute approximate surface area is 254 Å². The second kappa shape index (κ2) is 14.5. The van der Waals surface area contributed by atoms with Crippen molar-refractivity contribution < 1.29 is 18.7 Å². The largest absolute Gasteiger partial charge is 0.489 e. The maximum absolute atomic E-state index is 9.94. The molecule has 2 rings (SSSR count). The van der Waals surface area contributed by atoms with E-state index >= 15 is 0 Å². The molecule has 0 amide bonds. The van der Waals surface area contributed by atoms with Crippen LogP contribution in [-0.4, -0.2) is 28.8 Å². The summed E-state index contributed by atoms with van der Waals surface area (Å²) in [6.45, 7) is 28.4. The summed E-state index contributed by atoms with van der Waals surface area (Å²) in [7, 11) is -1.87. The van der Waals surface area contributed by atoms with E-state index in [1.807, 2.05) is 24.3 Å². The second-order valence-electron chi connectivity index (χ2n) is 14.2. The Bertz CT molecular complexity index is 1180. The summed E-state index contributed by atoms with van der Waals surface area (Å²) in [5.74, 6) is 0.823. The first-order valence-corrected chi connectivity index (χ1v) is 19.5. The van der Waals surface area contributed by atoms with Crippen LogP contribution in [0.4, 0.5) is 0 Å². The molecule has 2 aromatic carbocycles. The molecule has 0 saturated heterocycles. The molecule has 0 aromatic heterocycles. The molecule has 2 radical (unpaired) electrons. The summed E-state index contributed by atoms with van der Waals surface area (Å²) in [4.78, 5) is 0. The molecule has 1 N–H and O–H groups in total. The fourth-order valence-electron chi connectivity index (χ4n) is 4.59.